The summed E-state index contributed by atoms with van der Waals surface area (Å²) in [5, 5.41) is 0.954. The Morgan fingerprint density at radius 3 is 2.00 bits per heavy atom. The average Bonchev–Trinajstić information content (AvgIpc) is 2.02. The Hall–Kier alpha value is -0.470. The van der Waals surface area contributed by atoms with Crippen molar-refractivity contribution in [1.29, 1.82) is 0 Å². The fourth-order valence-electron chi connectivity index (χ4n) is 1.12. The lowest BCUT2D eigenvalue weighted by molar-refractivity contribution is 0.485. The first-order chi connectivity index (χ1) is 6.06. The van der Waals surface area contributed by atoms with Gasteiger partial charge >= 0.3 is 0 Å². The molecule has 0 unspecified atom stereocenters. The molecule has 0 saturated heterocycles. The van der Waals surface area contributed by atoms with Gasteiger partial charge in [0.05, 0.1) is 15.7 Å². The monoisotopic (exact) mass is 221 g/mol. The van der Waals surface area contributed by atoms with Gasteiger partial charge in [0.1, 0.15) is 6.67 Å². The van der Waals surface area contributed by atoms with Crippen LogP contribution in [0.15, 0.2) is 12.1 Å². The van der Waals surface area contributed by atoms with Crippen LogP contribution >= 0.6 is 23.2 Å². The van der Waals surface area contributed by atoms with Crippen molar-refractivity contribution >= 4 is 28.9 Å². The molecule has 0 N–H and O–H groups in total. The highest BCUT2D eigenvalue weighted by molar-refractivity contribution is 6.39. The summed E-state index contributed by atoms with van der Waals surface area (Å²) in [7, 11) is 3.67. The van der Waals surface area contributed by atoms with Crippen molar-refractivity contribution in [2.75, 3.05) is 19.0 Å². The lowest BCUT2D eigenvalue weighted by Gasteiger charge is -2.16. The molecule has 1 nitrogen and oxygen atoms in total. The largest absolute Gasteiger partial charge is 0.375 e. The molecule has 1 rings (SSSR count). The highest BCUT2D eigenvalue weighted by Crippen LogP contribution is 2.33. The lowest BCUT2D eigenvalue weighted by Crippen LogP contribution is -2.10. The number of rotatable bonds is 2. The zero-order valence-corrected chi connectivity index (χ0v) is 8.95. The molecule has 0 saturated carbocycles. The molecule has 4 heteroatoms. The molecule has 13 heavy (non-hydrogen) atoms. The predicted octanol–water partition coefficient (Wildman–Crippen LogP) is 3.53. The molecule has 0 spiro atoms. The molecule has 0 heterocycles. The van der Waals surface area contributed by atoms with Crippen LogP contribution in [0, 0.1) is 0 Å². The normalized spacial score (nSPS) is 10.2. The third-order valence-corrected chi connectivity index (χ3v) is 2.25. The lowest BCUT2D eigenvalue weighted by atomic mass is 10.2. The first-order valence-electron chi connectivity index (χ1n) is 3.77. The quantitative estimate of drug-likeness (QED) is 0.739. The van der Waals surface area contributed by atoms with E-state index in [4.69, 9.17) is 23.2 Å². The Morgan fingerprint density at radius 2 is 1.69 bits per heavy atom. The van der Waals surface area contributed by atoms with Gasteiger partial charge in [-0.2, -0.15) is 0 Å². The minimum atomic E-state index is -0.548. The van der Waals surface area contributed by atoms with E-state index >= 15 is 0 Å². The van der Waals surface area contributed by atoms with Crippen LogP contribution in [0.4, 0.5) is 10.1 Å². The molecule has 72 valence electrons. The number of anilines is 1. The fraction of sp³-hybridized carbons (Fsp3) is 0.333. The Balaban J connectivity index is 3.23. The van der Waals surface area contributed by atoms with Crippen LogP contribution in [0.5, 0.6) is 0 Å². The molecule has 0 aliphatic heterocycles. The van der Waals surface area contributed by atoms with Gasteiger partial charge in [0.15, 0.2) is 0 Å². The number of benzene rings is 1. The van der Waals surface area contributed by atoms with Crippen LogP contribution in [0.25, 0.3) is 0 Å². The van der Waals surface area contributed by atoms with Gasteiger partial charge in [-0.15, -0.1) is 0 Å². The van der Waals surface area contributed by atoms with Crippen LogP contribution in [-0.2, 0) is 6.67 Å². The Morgan fingerprint density at radius 1 is 1.23 bits per heavy atom. The molecule has 0 fully saturated rings. The van der Waals surface area contributed by atoms with Crippen LogP contribution in [0.1, 0.15) is 5.56 Å². The van der Waals surface area contributed by atoms with Gasteiger partial charge in [0.2, 0.25) is 0 Å². The smallest absolute Gasteiger partial charge is 0.115 e. The van der Waals surface area contributed by atoms with Gasteiger partial charge in [-0.25, -0.2) is 4.39 Å². The van der Waals surface area contributed by atoms with Crippen molar-refractivity contribution in [3.8, 4) is 0 Å². The molecular formula is C9H10Cl2FN. The van der Waals surface area contributed by atoms with Crippen molar-refractivity contribution < 1.29 is 4.39 Å². The SMILES string of the molecule is CN(C)c1c(Cl)cc(CF)cc1Cl. The van der Waals surface area contributed by atoms with E-state index in [0.29, 0.717) is 15.6 Å². The van der Waals surface area contributed by atoms with Gasteiger partial charge < -0.3 is 4.90 Å². The summed E-state index contributed by atoms with van der Waals surface area (Å²) in [6.45, 7) is -0.548. The molecule has 1 aromatic rings. The molecule has 0 atom stereocenters. The van der Waals surface area contributed by atoms with Crippen molar-refractivity contribution in [2.45, 2.75) is 6.67 Å². The zero-order chi connectivity index (χ0) is 10.0. The third kappa shape index (κ3) is 2.26. The van der Waals surface area contributed by atoms with Crippen LogP contribution in [0.3, 0.4) is 0 Å². The Labute approximate surface area is 87.1 Å². The van der Waals surface area contributed by atoms with E-state index in [-0.39, 0.29) is 0 Å². The summed E-state index contributed by atoms with van der Waals surface area (Å²) in [5.74, 6) is 0. The average molecular weight is 222 g/mol. The Bertz CT molecular complexity index is 289. The van der Waals surface area contributed by atoms with E-state index in [1.54, 1.807) is 17.0 Å². The second-order valence-corrected chi connectivity index (χ2v) is 3.75. The van der Waals surface area contributed by atoms with Gasteiger partial charge in [-0.1, -0.05) is 23.2 Å². The molecular weight excluding hydrogens is 212 g/mol. The first kappa shape index (κ1) is 10.6. The maximum atomic E-state index is 12.3. The van der Waals surface area contributed by atoms with Crippen LogP contribution < -0.4 is 4.90 Å². The summed E-state index contributed by atoms with van der Waals surface area (Å²) in [4.78, 5) is 1.80. The maximum absolute atomic E-state index is 12.3. The number of halogens is 3. The van der Waals surface area contributed by atoms with Crippen molar-refractivity contribution in [2.24, 2.45) is 0 Å². The topological polar surface area (TPSA) is 3.24 Å². The predicted molar refractivity (Wildman–Crippen MR) is 55.6 cm³/mol. The highest BCUT2D eigenvalue weighted by Gasteiger charge is 2.09. The minimum Gasteiger partial charge on any atom is -0.375 e. The first-order valence-corrected chi connectivity index (χ1v) is 4.53. The minimum absolute atomic E-state index is 0.477. The number of nitrogens with zero attached hydrogens (tertiary/aromatic N) is 1. The van der Waals surface area contributed by atoms with E-state index in [1.165, 1.54) is 0 Å². The number of alkyl halides is 1. The third-order valence-electron chi connectivity index (χ3n) is 1.68. The van der Waals surface area contributed by atoms with Gasteiger partial charge in [-0.05, 0) is 17.7 Å². The summed E-state index contributed by atoms with van der Waals surface area (Å²) in [5.41, 5.74) is 1.22. The van der Waals surface area contributed by atoms with Crippen molar-refractivity contribution in [1.82, 2.24) is 0 Å². The molecule has 0 aliphatic rings. The molecule has 0 radical (unpaired) electrons. The molecule has 0 aliphatic carbocycles. The molecule has 0 bridgehead atoms. The summed E-state index contributed by atoms with van der Waals surface area (Å²) >= 11 is 11.8. The van der Waals surface area contributed by atoms with E-state index in [2.05, 4.69) is 0 Å². The van der Waals surface area contributed by atoms with E-state index in [0.717, 1.165) is 5.69 Å². The van der Waals surface area contributed by atoms with E-state index in [1.807, 2.05) is 14.1 Å². The summed E-state index contributed by atoms with van der Waals surface area (Å²) in [6, 6.07) is 3.17. The number of hydrogen-bond donors (Lipinski definition) is 0. The van der Waals surface area contributed by atoms with E-state index < -0.39 is 6.67 Å². The van der Waals surface area contributed by atoms with Gasteiger partial charge in [0, 0.05) is 14.1 Å². The summed E-state index contributed by atoms with van der Waals surface area (Å²) in [6.07, 6.45) is 0. The second-order valence-electron chi connectivity index (χ2n) is 2.94. The zero-order valence-electron chi connectivity index (χ0n) is 7.44. The standard InChI is InChI=1S/C9H10Cl2FN/c1-13(2)9-7(10)3-6(5-12)4-8(9)11/h3-4H,5H2,1-2H3. The fourth-order valence-corrected chi connectivity index (χ4v) is 1.99. The molecule has 1 aromatic carbocycles. The molecule has 0 aromatic heterocycles. The van der Waals surface area contributed by atoms with Gasteiger partial charge in [0.25, 0.3) is 0 Å². The van der Waals surface area contributed by atoms with Crippen molar-refractivity contribution in [3.05, 3.63) is 27.7 Å². The maximum Gasteiger partial charge on any atom is 0.115 e. The van der Waals surface area contributed by atoms with Crippen LogP contribution in [-0.4, -0.2) is 14.1 Å². The molecule has 0 amide bonds. The number of hydrogen-bond acceptors (Lipinski definition) is 1. The van der Waals surface area contributed by atoms with Crippen LogP contribution in [0.2, 0.25) is 10.0 Å². The van der Waals surface area contributed by atoms with Crippen molar-refractivity contribution in [3.63, 3.8) is 0 Å². The second kappa shape index (κ2) is 4.16. The Kier molecular flexibility index (Phi) is 3.40. The highest BCUT2D eigenvalue weighted by atomic mass is 35.5. The van der Waals surface area contributed by atoms with Gasteiger partial charge in [-0.3, -0.25) is 0 Å². The summed E-state index contributed by atoms with van der Waals surface area (Å²) < 4.78 is 12.3. The van der Waals surface area contributed by atoms with E-state index in [9.17, 15) is 4.39 Å².